The Balaban J connectivity index is -0.00000144. The molecule has 0 saturated heterocycles. The molecule has 0 radical (unpaired) electrons. The van der Waals surface area contributed by atoms with E-state index in [2.05, 4.69) is 6.92 Å². The van der Waals surface area contributed by atoms with Crippen molar-refractivity contribution in [2.45, 2.75) is 110 Å². The van der Waals surface area contributed by atoms with Gasteiger partial charge in [0.25, 0.3) is 0 Å². The minimum absolute atomic E-state index is 0. The molecule has 0 aromatic rings. The second kappa shape index (κ2) is 19.0. The third-order valence-electron chi connectivity index (χ3n) is 3.73. The molecule has 0 aromatic heterocycles. The van der Waals surface area contributed by atoms with Crippen LogP contribution in [-0.4, -0.2) is 11.2 Å². The zero-order chi connectivity index (χ0) is 13.5. The summed E-state index contributed by atoms with van der Waals surface area (Å²) >= 11 is 0. The van der Waals surface area contributed by atoms with Gasteiger partial charge in [-0.05, 0) is 13.3 Å². The quantitative estimate of drug-likeness (QED) is 0.383. The van der Waals surface area contributed by atoms with Crippen molar-refractivity contribution in [2.75, 3.05) is 0 Å². The number of aliphatic hydroxyl groups is 1. The average molecular weight is 280 g/mol. The molecule has 0 heterocycles. The number of unbranched alkanes of at least 4 members (excludes halogenated alkanes) is 12. The molecule has 0 aromatic carbocycles. The summed E-state index contributed by atoms with van der Waals surface area (Å²) in [6.45, 7) is 4.17. The van der Waals surface area contributed by atoms with Crippen LogP contribution in [0.25, 0.3) is 0 Å². The van der Waals surface area contributed by atoms with E-state index in [4.69, 9.17) is 5.11 Å². The van der Waals surface area contributed by atoms with Crippen molar-refractivity contribution in [1.29, 1.82) is 0 Å². The van der Waals surface area contributed by atoms with Crippen LogP contribution in [0.3, 0.4) is 0 Å². The average Bonchev–Trinajstić information content (AvgIpc) is 2.34. The Kier molecular flexibility index (Phi) is 22.2. The summed E-state index contributed by atoms with van der Waals surface area (Å²) in [5.41, 5.74) is 0. The van der Waals surface area contributed by atoms with E-state index in [1.807, 2.05) is 6.92 Å². The van der Waals surface area contributed by atoms with Gasteiger partial charge in [0.15, 0.2) is 0 Å². The Labute approximate surface area is 145 Å². The third kappa shape index (κ3) is 21.4. The van der Waals surface area contributed by atoms with Gasteiger partial charge in [0, 0.05) is 0 Å². The topological polar surface area (TPSA) is 20.2 Å². The van der Waals surface area contributed by atoms with Gasteiger partial charge in [-0.3, -0.25) is 0 Å². The summed E-state index contributed by atoms with van der Waals surface area (Å²) < 4.78 is 0. The van der Waals surface area contributed by atoms with Crippen LogP contribution >= 0.6 is 0 Å². The molecule has 0 aliphatic heterocycles. The van der Waals surface area contributed by atoms with Gasteiger partial charge in [-0.25, -0.2) is 0 Å². The maximum absolute atomic E-state index is 9.13. The monoisotopic (exact) mass is 280 g/mol. The molecule has 0 fully saturated rings. The molecule has 112 valence electrons. The van der Waals surface area contributed by atoms with Crippen molar-refractivity contribution >= 4 is 0 Å². The smallest absolute Gasteiger partial charge is 1.00 e. The molecule has 1 atom stereocenters. The Hall–Kier alpha value is 0.960. The maximum atomic E-state index is 9.13. The van der Waals surface area contributed by atoms with Crippen LogP contribution in [0.1, 0.15) is 105 Å². The molecule has 1 N–H and O–H groups in total. The van der Waals surface area contributed by atoms with Gasteiger partial charge in [0.05, 0.1) is 6.10 Å². The standard InChI is InChI=1S/C17H36O.Na.H/c1-3-4-5-6-7-8-9-10-11-12-13-14-15-16-17(2)18;;/h17-18H,3-16H2,1-2H3;;/q;+1;-1. The van der Waals surface area contributed by atoms with E-state index < -0.39 is 0 Å². The summed E-state index contributed by atoms with van der Waals surface area (Å²) in [5.74, 6) is 0. The molecule has 0 saturated carbocycles. The number of rotatable bonds is 14. The Morgan fingerprint density at radius 2 is 1.00 bits per heavy atom. The van der Waals surface area contributed by atoms with Crippen LogP contribution < -0.4 is 29.6 Å². The van der Waals surface area contributed by atoms with E-state index in [0.717, 1.165) is 6.42 Å². The van der Waals surface area contributed by atoms with Crippen LogP contribution in [0.4, 0.5) is 0 Å². The SMILES string of the molecule is CCCCCCCCCCCCCCCC(C)O.[H-].[Na+]. The number of hydrogen-bond donors (Lipinski definition) is 1. The second-order valence-corrected chi connectivity index (χ2v) is 5.88. The van der Waals surface area contributed by atoms with E-state index in [1.165, 1.54) is 83.5 Å². The first kappa shape index (κ1) is 22.2. The predicted octanol–water partition coefficient (Wildman–Crippen LogP) is 2.97. The fourth-order valence-corrected chi connectivity index (χ4v) is 2.46. The molecule has 2 heteroatoms. The Morgan fingerprint density at radius 3 is 1.32 bits per heavy atom. The summed E-state index contributed by atoms with van der Waals surface area (Å²) in [4.78, 5) is 0. The molecular weight excluding hydrogens is 243 g/mol. The first-order valence-electron chi connectivity index (χ1n) is 8.45. The van der Waals surface area contributed by atoms with E-state index in [9.17, 15) is 0 Å². The molecule has 1 nitrogen and oxygen atoms in total. The molecule has 0 rings (SSSR count). The molecular formula is C17H37NaO. The van der Waals surface area contributed by atoms with Crippen molar-refractivity contribution in [3.05, 3.63) is 0 Å². The van der Waals surface area contributed by atoms with Crippen LogP contribution in [0.15, 0.2) is 0 Å². The molecule has 0 aliphatic carbocycles. The summed E-state index contributed by atoms with van der Waals surface area (Å²) in [5, 5.41) is 9.13. The van der Waals surface area contributed by atoms with Crippen molar-refractivity contribution in [1.82, 2.24) is 0 Å². The van der Waals surface area contributed by atoms with Crippen molar-refractivity contribution < 1.29 is 36.1 Å². The minimum Gasteiger partial charge on any atom is -1.00 e. The zero-order valence-corrected chi connectivity index (χ0v) is 15.9. The van der Waals surface area contributed by atoms with Gasteiger partial charge in [-0.2, -0.15) is 0 Å². The van der Waals surface area contributed by atoms with Crippen LogP contribution in [-0.2, 0) is 0 Å². The molecule has 1 unspecified atom stereocenters. The summed E-state index contributed by atoms with van der Waals surface area (Å²) in [7, 11) is 0. The van der Waals surface area contributed by atoms with Crippen molar-refractivity contribution in [3.63, 3.8) is 0 Å². The van der Waals surface area contributed by atoms with Crippen LogP contribution in [0, 0.1) is 0 Å². The van der Waals surface area contributed by atoms with E-state index >= 15 is 0 Å². The molecule has 19 heavy (non-hydrogen) atoms. The Morgan fingerprint density at radius 1 is 0.684 bits per heavy atom. The predicted molar refractivity (Wildman–Crippen MR) is 83.1 cm³/mol. The van der Waals surface area contributed by atoms with Gasteiger partial charge >= 0.3 is 29.6 Å². The Bertz CT molecular complexity index is 154. The van der Waals surface area contributed by atoms with E-state index in [-0.39, 0.29) is 37.1 Å². The van der Waals surface area contributed by atoms with Gasteiger partial charge in [-0.15, -0.1) is 0 Å². The van der Waals surface area contributed by atoms with E-state index in [1.54, 1.807) is 0 Å². The van der Waals surface area contributed by atoms with Crippen LogP contribution in [0.2, 0.25) is 0 Å². The normalized spacial score (nSPS) is 12.2. The van der Waals surface area contributed by atoms with Crippen molar-refractivity contribution in [2.24, 2.45) is 0 Å². The fraction of sp³-hybridized carbons (Fsp3) is 1.00. The van der Waals surface area contributed by atoms with Crippen LogP contribution in [0.5, 0.6) is 0 Å². The molecule has 0 aliphatic rings. The zero-order valence-electron chi connectivity index (χ0n) is 14.9. The molecule has 0 spiro atoms. The molecule has 0 amide bonds. The fourth-order valence-electron chi connectivity index (χ4n) is 2.46. The maximum Gasteiger partial charge on any atom is 1.00 e. The second-order valence-electron chi connectivity index (χ2n) is 5.88. The number of aliphatic hydroxyl groups excluding tert-OH is 1. The van der Waals surface area contributed by atoms with Gasteiger partial charge < -0.3 is 6.53 Å². The van der Waals surface area contributed by atoms with Gasteiger partial charge in [0.1, 0.15) is 0 Å². The third-order valence-corrected chi connectivity index (χ3v) is 3.73. The van der Waals surface area contributed by atoms with E-state index in [0.29, 0.717) is 0 Å². The summed E-state index contributed by atoms with van der Waals surface area (Å²) in [6, 6.07) is 0. The van der Waals surface area contributed by atoms with Gasteiger partial charge in [0.2, 0.25) is 0 Å². The largest absolute Gasteiger partial charge is 1.00 e. The molecule has 0 bridgehead atoms. The van der Waals surface area contributed by atoms with Crippen molar-refractivity contribution in [3.8, 4) is 0 Å². The van der Waals surface area contributed by atoms with Gasteiger partial charge in [-0.1, -0.05) is 90.4 Å². The number of hydrogen-bond acceptors (Lipinski definition) is 1. The minimum atomic E-state index is -0.0993. The summed E-state index contributed by atoms with van der Waals surface area (Å²) in [6.07, 6.45) is 19.0. The first-order valence-corrected chi connectivity index (χ1v) is 8.45. The first-order chi connectivity index (χ1) is 8.77.